The highest BCUT2D eigenvalue weighted by atomic mass is 32.2. The fourth-order valence-corrected chi connectivity index (χ4v) is 7.45. The summed E-state index contributed by atoms with van der Waals surface area (Å²) < 4.78 is 7.06. The lowest BCUT2D eigenvalue weighted by Gasteiger charge is -2.10. The summed E-state index contributed by atoms with van der Waals surface area (Å²) in [4.78, 5) is 28.1. The Morgan fingerprint density at radius 2 is 1.71 bits per heavy atom. The van der Waals surface area contributed by atoms with Crippen LogP contribution in [-0.2, 0) is 16.1 Å². The molecule has 1 amide bonds. The Hall–Kier alpha value is -3.99. The van der Waals surface area contributed by atoms with Gasteiger partial charge in [0.2, 0.25) is 5.91 Å². The van der Waals surface area contributed by atoms with Crippen LogP contribution in [0.5, 0.6) is 0 Å². The maximum atomic E-state index is 13.2. The summed E-state index contributed by atoms with van der Waals surface area (Å²) in [5.74, 6) is 0.0626. The second kappa shape index (κ2) is 12.9. The first kappa shape index (κ1) is 29.5. The number of aryl methyl sites for hydroxylation is 3. The minimum atomic E-state index is -0.494. The maximum absolute atomic E-state index is 13.2. The highest BCUT2D eigenvalue weighted by molar-refractivity contribution is 7.99. The predicted molar refractivity (Wildman–Crippen MR) is 174 cm³/mol. The number of rotatable bonds is 10. The van der Waals surface area contributed by atoms with Gasteiger partial charge in [-0.05, 0) is 31.9 Å². The molecular formula is C32H30N4O3S3. The van der Waals surface area contributed by atoms with Gasteiger partial charge in [-0.25, -0.2) is 4.79 Å². The van der Waals surface area contributed by atoms with E-state index in [1.807, 2.05) is 41.8 Å². The van der Waals surface area contributed by atoms with E-state index in [1.165, 1.54) is 40.6 Å². The molecule has 10 heteroatoms. The van der Waals surface area contributed by atoms with Gasteiger partial charge >= 0.3 is 5.97 Å². The Bertz CT molecular complexity index is 1750. The lowest BCUT2D eigenvalue weighted by Crippen LogP contribution is -2.16. The number of carbonyl (C=O) groups excluding carboxylic acids is 2. The van der Waals surface area contributed by atoms with Crippen molar-refractivity contribution in [2.24, 2.45) is 0 Å². The number of esters is 1. The number of thiophene rings is 2. The largest absolute Gasteiger partial charge is 0.465 e. The fourth-order valence-electron chi connectivity index (χ4n) is 4.76. The van der Waals surface area contributed by atoms with Crippen molar-refractivity contribution in [2.75, 3.05) is 18.2 Å². The van der Waals surface area contributed by atoms with E-state index in [9.17, 15) is 9.59 Å². The smallest absolute Gasteiger partial charge is 0.341 e. The monoisotopic (exact) mass is 614 g/mol. The molecule has 0 spiro atoms. The molecule has 214 valence electrons. The van der Waals surface area contributed by atoms with Crippen molar-refractivity contribution in [1.82, 2.24) is 14.8 Å². The highest BCUT2D eigenvalue weighted by Crippen LogP contribution is 2.41. The van der Waals surface area contributed by atoms with Gasteiger partial charge in [-0.3, -0.25) is 9.36 Å². The predicted octanol–water partition coefficient (Wildman–Crippen LogP) is 8.03. The van der Waals surface area contributed by atoms with Gasteiger partial charge in [-0.2, -0.15) is 0 Å². The number of nitrogens with zero attached hydrogens (tertiary/aromatic N) is 3. The molecule has 0 atom stereocenters. The van der Waals surface area contributed by atoms with Crippen LogP contribution in [0.2, 0.25) is 0 Å². The summed E-state index contributed by atoms with van der Waals surface area (Å²) in [6.07, 6.45) is 1.80. The molecule has 0 aliphatic rings. The van der Waals surface area contributed by atoms with Crippen LogP contribution >= 0.6 is 34.4 Å². The average Bonchev–Trinajstić information content (AvgIpc) is 3.67. The van der Waals surface area contributed by atoms with Crippen molar-refractivity contribution in [2.45, 2.75) is 32.5 Å². The minimum absolute atomic E-state index is 0.0843. The van der Waals surface area contributed by atoms with Crippen molar-refractivity contribution in [1.29, 1.82) is 0 Å². The Labute approximate surface area is 257 Å². The second-order valence-electron chi connectivity index (χ2n) is 9.58. The van der Waals surface area contributed by atoms with Crippen LogP contribution in [-0.4, -0.2) is 39.5 Å². The molecule has 3 aromatic heterocycles. The zero-order chi connectivity index (χ0) is 29.8. The highest BCUT2D eigenvalue weighted by Gasteiger charge is 2.26. The van der Waals surface area contributed by atoms with Crippen LogP contribution in [0.15, 0.2) is 77.8 Å². The van der Waals surface area contributed by atoms with Gasteiger partial charge in [-0.1, -0.05) is 78.0 Å². The molecule has 2 aromatic carbocycles. The minimum Gasteiger partial charge on any atom is -0.465 e. The third-order valence-corrected chi connectivity index (χ3v) is 9.60. The number of anilines is 1. The zero-order valence-electron chi connectivity index (χ0n) is 23.8. The molecule has 0 aliphatic heterocycles. The number of benzene rings is 2. The van der Waals surface area contributed by atoms with E-state index >= 15 is 0 Å². The number of amides is 1. The number of ether oxygens (including phenoxy) is 1. The Morgan fingerprint density at radius 3 is 2.40 bits per heavy atom. The van der Waals surface area contributed by atoms with Gasteiger partial charge in [-0.15, -0.1) is 39.4 Å². The SMILES string of the molecule is C=CCn1c(SCC(=O)Nc2sc(C)c(-c3ccccc3)c2C(=O)OC)nnc1-c1csc(C)c1-c1ccc(C)cc1. The normalized spacial score (nSPS) is 11.0. The first-order valence-electron chi connectivity index (χ1n) is 13.2. The number of methoxy groups -OCH3 is 1. The van der Waals surface area contributed by atoms with E-state index in [2.05, 4.69) is 65.6 Å². The van der Waals surface area contributed by atoms with Crippen LogP contribution in [0, 0.1) is 20.8 Å². The summed E-state index contributed by atoms with van der Waals surface area (Å²) in [5, 5.41) is 15.1. The van der Waals surface area contributed by atoms with Gasteiger partial charge in [0, 0.05) is 38.4 Å². The second-order valence-corrected chi connectivity index (χ2v) is 12.8. The van der Waals surface area contributed by atoms with Crippen LogP contribution in [0.3, 0.4) is 0 Å². The first-order chi connectivity index (χ1) is 20.3. The van der Waals surface area contributed by atoms with Crippen LogP contribution in [0.4, 0.5) is 5.00 Å². The molecule has 0 saturated carbocycles. The third-order valence-electron chi connectivity index (χ3n) is 6.71. The zero-order valence-corrected chi connectivity index (χ0v) is 26.2. The number of allylic oxidation sites excluding steroid dienone is 1. The molecule has 3 heterocycles. The molecule has 0 radical (unpaired) electrons. The number of hydrogen-bond donors (Lipinski definition) is 1. The number of hydrogen-bond acceptors (Lipinski definition) is 8. The van der Waals surface area contributed by atoms with Crippen LogP contribution in [0.25, 0.3) is 33.6 Å². The van der Waals surface area contributed by atoms with E-state index in [0.717, 1.165) is 38.5 Å². The van der Waals surface area contributed by atoms with Gasteiger partial charge in [0.15, 0.2) is 11.0 Å². The molecule has 5 aromatic rings. The van der Waals surface area contributed by atoms with E-state index in [4.69, 9.17) is 4.74 Å². The third kappa shape index (κ3) is 5.97. The van der Waals surface area contributed by atoms with Gasteiger partial charge in [0.25, 0.3) is 0 Å². The molecule has 0 unspecified atom stereocenters. The van der Waals surface area contributed by atoms with Gasteiger partial charge in [0.05, 0.1) is 12.9 Å². The average molecular weight is 615 g/mol. The first-order valence-corrected chi connectivity index (χ1v) is 15.9. The lowest BCUT2D eigenvalue weighted by molar-refractivity contribution is -0.113. The molecule has 42 heavy (non-hydrogen) atoms. The summed E-state index contributed by atoms with van der Waals surface area (Å²) in [5.41, 5.74) is 6.47. The summed E-state index contributed by atoms with van der Waals surface area (Å²) in [6.45, 7) is 10.5. The van der Waals surface area contributed by atoms with Crippen molar-refractivity contribution >= 4 is 51.3 Å². The van der Waals surface area contributed by atoms with Crippen molar-refractivity contribution in [3.63, 3.8) is 0 Å². The van der Waals surface area contributed by atoms with Gasteiger partial charge < -0.3 is 10.1 Å². The molecule has 0 aliphatic carbocycles. The number of thioether (sulfide) groups is 1. The van der Waals surface area contributed by atoms with E-state index in [-0.39, 0.29) is 11.7 Å². The van der Waals surface area contributed by atoms with Crippen molar-refractivity contribution in [3.05, 3.63) is 93.5 Å². The van der Waals surface area contributed by atoms with E-state index in [1.54, 1.807) is 17.4 Å². The molecule has 1 N–H and O–H groups in total. The molecule has 5 rings (SSSR count). The van der Waals surface area contributed by atoms with Gasteiger partial charge in [0.1, 0.15) is 10.6 Å². The summed E-state index contributed by atoms with van der Waals surface area (Å²) in [7, 11) is 1.34. The fraction of sp³-hybridized carbons (Fsp3) is 0.188. The lowest BCUT2D eigenvalue weighted by atomic mass is 10.0. The Morgan fingerprint density at radius 1 is 1.00 bits per heavy atom. The van der Waals surface area contributed by atoms with Crippen molar-refractivity contribution in [3.8, 4) is 33.6 Å². The maximum Gasteiger partial charge on any atom is 0.341 e. The molecule has 7 nitrogen and oxygen atoms in total. The molecule has 0 saturated heterocycles. The summed E-state index contributed by atoms with van der Waals surface area (Å²) in [6, 6.07) is 18.1. The number of aromatic nitrogens is 3. The Balaban J connectivity index is 1.39. The molecular weight excluding hydrogens is 585 g/mol. The number of carbonyl (C=O) groups is 2. The van der Waals surface area contributed by atoms with E-state index in [0.29, 0.717) is 22.3 Å². The van der Waals surface area contributed by atoms with Crippen LogP contribution < -0.4 is 5.32 Å². The Kier molecular flexibility index (Phi) is 9.06. The molecule has 0 bridgehead atoms. The van der Waals surface area contributed by atoms with E-state index < -0.39 is 5.97 Å². The van der Waals surface area contributed by atoms with Crippen LogP contribution in [0.1, 0.15) is 25.7 Å². The summed E-state index contributed by atoms with van der Waals surface area (Å²) >= 11 is 4.32. The quantitative estimate of drug-likeness (QED) is 0.0974. The van der Waals surface area contributed by atoms with Crippen molar-refractivity contribution < 1.29 is 14.3 Å². The molecule has 0 fully saturated rings. The standard InChI is InChI=1S/C32H30N4O3S3/c1-6-16-36-29(24-17-40-20(3)26(24)23-14-12-19(2)13-15-23)34-35-32(36)41-18-25(37)33-30-28(31(38)39-5)27(21(4)42-30)22-10-8-7-9-11-22/h6-15,17H,1,16,18H2,2-5H3,(H,33,37). The topological polar surface area (TPSA) is 86.1 Å². The number of nitrogens with one attached hydrogen (secondary N) is 1.